The van der Waals surface area contributed by atoms with E-state index < -0.39 is 0 Å². The maximum atomic E-state index is 12.6. The SMILES string of the molecule is CCNCCC(CCCOC(C)=O)C(C)c1c(C)c(C(=O)OCC)c2cnccn12. The molecule has 0 fully saturated rings. The van der Waals surface area contributed by atoms with E-state index in [1.54, 1.807) is 12.4 Å². The summed E-state index contributed by atoms with van der Waals surface area (Å²) in [5.41, 5.74) is 3.43. The number of ether oxygens (including phenoxy) is 2. The number of carbonyl (C=O) groups excluding carboxylic acids is 2. The summed E-state index contributed by atoms with van der Waals surface area (Å²) >= 11 is 0. The van der Waals surface area contributed by atoms with Crippen LogP contribution in [0.15, 0.2) is 18.6 Å². The number of carbonyl (C=O) groups is 2. The summed E-state index contributed by atoms with van der Waals surface area (Å²) in [6, 6.07) is 0. The monoisotopic (exact) mass is 417 g/mol. The summed E-state index contributed by atoms with van der Waals surface area (Å²) in [4.78, 5) is 28.0. The number of hydrogen-bond acceptors (Lipinski definition) is 6. The van der Waals surface area contributed by atoms with Gasteiger partial charge in [0.25, 0.3) is 0 Å². The molecule has 30 heavy (non-hydrogen) atoms. The molecule has 2 atom stereocenters. The lowest BCUT2D eigenvalue weighted by atomic mass is 9.83. The van der Waals surface area contributed by atoms with E-state index in [-0.39, 0.29) is 17.9 Å². The third kappa shape index (κ3) is 5.81. The van der Waals surface area contributed by atoms with Gasteiger partial charge >= 0.3 is 11.9 Å². The average Bonchev–Trinajstić information content (AvgIpc) is 3.01. The smallest absolute Gasteiger partial charge is 0.340 e. The third-order valence-electron chi connectivity index (χ3n) is 5.62. The fourth-order valence-electron chi connectivity index (χ4n) is 4.17. The van der Waals surface area contributed by atoms with Gasteiger partial charge in [0.2, 0.25) is 0 Å². The molecule has 7 nitrogen and oxygen atoms in total. The molecule has 0 aliphatic heterocycles. The maximum absolute atomic E-state index is 12.6. The van der Waals surface area contributed by atoms with E-state index in [2.05, 4.69) is 28.5 Å². The zero-order chi connectivity index (χ0) is 22.1. The summed E-state index contributed by atoms with van der Waals surface area (Å²) < 4.78 is 12.5. The van der Waals surface area contributed by atoms with Crippen LogP contribution < -0.4 is 5.32 Å². The third-order valence-corrected chi connectivity index (χ3v) is 5.62. The molecule has 166 valence electrons. The van der Waals surface area contributed by atoms with E-state index in [0.29, 0.717) is 24.7 Å². The van der Waals surface area contributed by atoms with E-state index in [1.165, 1.54) is 6.92 Å². The Morgan fingerprint density at radius 2 is 2.00 bits per heavy atom. The Bertz CT molecular complexity index is 846. The molecule has 2 aromatic rings. The van der Waals surface area contributed by atoms with Crippen LogP contribution in [0.1, 0.15) is 74.5 Å². The van der Waals surface area contributed by atoms with Gasteiger partial charge in [0.05, 0.1) is 30.5 Å². The fraction of sp³-hybridized carbons (Fsp3) is 0.609. The molecular formula is C23H35N3O4. The lowest BCUT2D eigenvalue weighted by molar-refractivity contribution is -0.141. The molecule has 0 radical (unpaired) electrons. The van der Waals surface area contributed by atoms with Crippen LogP contribution in [0.5, 0.6) is 0 Å². The van der Waals surface area contributed by atoms with Gasteiger partial charge in [0.1, 0.15) is 0 Å². The quantitative estimate of drug-likeness (QED) is 0.417. The van der Waals surface area contributed by atoms with E-state index in [1.807, 2.05) is 20.0 Å². The van der Waals surface area contributed by atoms with E-state index in [4.69, 9.17) is 9.47 Å². The molecule has 2 aromatic heterocycles. The van der Waals surface area contributed by atoms with E-state index in [9.17, 15) is 9.59 Å². The fourth-order valence-corrected chi connectivity index (χ4v) is 4.17. The van der Waals surface area contributed by atoms with Crippen molar-refractivity contribution in [3.63, 3.8) is 0 Å². The molecule has 0 aromatic carbocycles. The Morgan fingerprint density at radius 3 is 2.67 bits per heavy atom. The Labute approximate surface area is 179 Å². The number of nitrogens with zero attached hydrogens (tertiary/aromatic N) is 2. The van der Waals surface area contributed by atoms with Gasteiger partial charge in [-0.3, -0.25) is 9.78 Å². The van der Waals surface area contributed by atoms with Crippen LogP contribution in [0, 0.1) is 12.8 Å². The molecule has 1 N–H and O–H groups in total. The molecule has 0 saturated heterocycles. The number of aromatic nitrogens is 2. The first-order valence-electron chi connectivity index (χ1n) is 10.9. The van der Waals surface area contributed by atoms with Crippen molar-refractivity contribution in [3.8, 4) is 0 Å². The standard InChI is InChI=1S/C23H35N3O4/c1-6-24-11-10-19(9-8-14-30-18(5)27)16(3)22-17(4)21(23(28)29-7-2)20-15-25-12-13-26(20)22/h12-13,15-16,19,24H,6-11,14H2,1-5H3. The van der Waals surface area contributed by atoms with Gasteiger partial charge < -0.3 is 19.2 Å². The largest absolute Gasteiger partial charge is 0.466 e. The first kappa shape index (κ1) is 23.9. The highest BCUT2D eigenvalue weighted by Crippen LogP contribution is 2.36. The van der Waals surface area contributed by atoms with Crippen LogP contribution in [0.4, 0.5) is 0 Å². The summed E-state index contributed by atoms with van der Waals surface area (Å²) in [6.07, 6.45) is 8.14. The van der Waals surface area contributed by atoms with E-state index >= 15 is 0 Å². The second-order valence-electron chi connectivity index (χ2n) is 7.61. The number of fused-ring (bicyclic) bond motifs is 1. The highest BCUT2D eigenvalue weighted by atomic mass is 16.5. The van der Waals surface area contributed by atoms with Crippen molar-refractivity contribution >= 4 is 17.5 Å². The molecule has 0 amide bonds. The lowest BCUT2D eigenvalue weighted by Crippen LogP contribution is -2.22. The molecule has 0 saturated carbocycles. The van der Waals surface area contributed by atoms with Crippen LogP contribution in [0.2, 0.25) is 0 Å². The van der Waals surface area contributed by atoms with Gasteiger partial charge in [0, 0.05) is 25.0 Å². The van der Waals surface area contributed by atoms with Crippen molar-refractivity contribution in [1.82, 2.24) is 14.7 Å². The Kier molecular flexibility index (Phi) is 9.30. The molecular weight excluding hydrogens is 382 g/mol. The number of hydrogen-bond donors (Lipinski definition) is 1. The van der Waals surface area contributed by atoms with Crippen molar-refractivity contribution in [2.75, 3.05) is 26.3 Å². The number of nitrogens with one attached hydrogen (secondary N) is 1. The highest BCUT2D eigenvalue weighted by molar-refractivity contribution is 5.99. The average molecular weight is 418 g/mol. The topological polar surface area (TPSA) is 81.9 Å². The molecule has 0 bridgehead atoms. The van der Waals surface area contributed by atoms with Gasteiger partial charge in [-0.2, -0.15) is 0 Å². The normalized spacial score (nSPS) is 13.2. The Balaban J connectivity index is 2.35. The van der Waals surface area contributed by atoms with Crippen LogP contribution in [0.25, 0.3) is 5.52 Å². The molecule has 0 aliphatic rings. The van der Waals surface area contributed by atoms with Gasteiger partial charge in [-0.05, 0) is 63.6 Å². The van der Waals surface area contributed by atoms with Gasteiger partial charge in [-0.25, -0.2) is 4.79 Å². The van der Waals surface area contributed by atoms with Crippen molar-refractivity contribution in [2.45, 2.75) is 59.8 Å². The van der Waals surface area contributed by atoms with Gasteiger partial charge in [0.15, 0.2) is 0 Å². The maximum Gasteiger partial charge on any atom is 0.340 e. The summed E-state index contributed by atoms with van der Waals surface area (Å²) in [5.74, 6) is 0.0314. The predicted octanol–water partition coefficient (Wildman–Crippen LogP) is 3.88. The van der Waals surface area contributed by atoms with Gasteiger partial charge in [-0.1, -0.05) is 13.8 Å². The predicted molar refractivity (Wildman–Crippen MR) is 117 cm³/mol. The minimum Gasteiger partial charge on any atom is -0.466 e. The van der Waals surface area contributed by atoms with Crippen molar-refractivity contribution in [1.29, 1.82) is 0 Å². The van der Waals surface area contributed by atoms with Gasteiger partial charge in [-0.15, -0.1) is 0 Å². The molecule has 0 spiro atoms. The first-order chi connectivity index (χ1) is 14.4. The summed E-state index contributed by atoms with van der Waals surface area (Å²) in [5, 5.41) is 3.41. The summed E-state index contributed by atoms with van der Waals surface area (Å²) in [7, 11) is 0. The van der Waals surface area contributed by atoms with Crippen LogP contribution in [-0.4, -0.2) is 47.6 Å². The number of rotatable bonds is 12. The van der Waals surface area contributed by atoms with Crippen molar-refractivity contribution in [3.05, 3.63) is 35.4 Å². The first-order valence-corrected chi connectivity index (χ1v) is 10.9. The minimum atomic E-state index is -0.307. The van der Waals surface area contributed by atoms with Crippen molar-refractivity contribution < 1.29 is 19.1 Å². The second kappa shape index (κ2) is 11.7. The van der Waals surface area contributed by atoms with Crippen LogP contribution >= 0.6 is 0 Å². The summed E-state index contributed by atoms with van der Waals surface area (Å²) in [6.45, 7) is 12.2. The zero-order valence-electron chi connectivity index (χ0n) is 18.9. The molecule has 0 aliphatic carbocycles. The van der Waals surface area contributed by atoms with E-state index in [0.717, 1.165) is 49.1 Å². The minimum absolute atomic E-state index is 0.207. The molecule has 2 rings (SSSR count). The van der Waals surface area contributed by atoms with Crippen molar-refractivity contribution in [2.24, 2.45) is 5.92 Å². The molecule has 2 heterocycles. The number of esters is 2. The Hall–Kier alpha value is -2.41. The zero-order valence-corrected chi connectivity index (χ0v) is 18.9. The molecule has 7 heteroatoms. The Morgan fingerprint density at radius 1 is 1.23 bits per heavy atom. The van der Waals surface area contributed by atoms with Crippen LogP contribution in [0.3, 0.4) is 0 Å². The molecule has 2 unspecified atom stereocenters. The highest BCUT2D eigenvalue weighted by Gasteiger charge is 2.28. The lowest BCUT2D eigenvalue weighted by Gasteiger charge is -2.25. The second-order valence-corrected chi connectivity index (χ2v) is 7.61. The van der Waals surface area contributed by atoms with Crippen LogP contribution in [-0.2, 0) is 14.3 Å².